The Hall–Kier alpha value is -6.11. The second-order valence-electron chi connectivity index (χ2n) is 13.2. The van der Waals surface area contributed by atoms with Crippen LogP contribution < -0.4 is 0 Å². The number of hydrogen-bond acceptors (Lipinski definition) is 11. The van der Waals surface area contributed by atoms with Crippen molar-refractivity contribution in [2.75, 3.05) is 67.5 Å². The van der Waals surface area contributed by atoms with Gasteiger partial charge in [0.15, 0.2) is 0 Å². The zero-order valence-electron chi connectivity index (χ0n) is 31.2. The molecule has 18 nitrogen and oxygen atoms in total. The molecule has 2 saturated heterocycles. The van der Waals surface area contributed by atoms with Gasteiger partial charge in [0.05, 0.1) is 32.7 Å². The van der Waals surface area contributed by atoms with Crippen molar-refractivity contribution in [2.45, 2.75) is 35.7 Å². The van der Waals surface area contributed by atoms with E-state index in [4.69, 9.17) is 0 Å². The van der Waals surface area contributed by atoms with Gasteiger partial charge in [-0.05, 0) is 35.4 Å². The molecule has 0 saturated carbocycles. The Kier molecular flexibility index (Phi) is 13.5. The van der Waals surface area contributed by atoms with Gasteiger partial charge >= 0.3 is 0 Å². The summed E-state index contributed by atoms with van der Waals surface area (Å²) < 4.78 is 0. The Balaban J connectivity index is 1.48. The van der Waals surface area contributed by atoms with Crippen LogP contribution in [0.15, 0.2) is 58.3 Å². The Labute approximate surface area is 321 Å². The highest BCUT2D eigenvalue weighted by Gasteiger charge is 2.37. The topological polar surface area (TPSA) is 208 Å². The molecule has 4 rings (SSSR count). The summed E-state index contributed by atoms with van der Waals surface area (Å²) >= 11 is 0.806. The number of piperazine rings is 2. The van der Waals surface area contributed by atoms with E-state index in [0.29, 0.717) is 11.1 Å². The maximum Gasteiger partial charge on any atom is 0.283 e. The van der Waals surface area contributed by atoms with Crippen LogP contribution in [0.4, 0.5) is 11.4 Å². The van der Waals surface area contributed by atoms with E-state index in [9.17, 15) is 49.0 Å². The Morgan fingerprint density at radius 3 is 1.33 bits per heavy atom. The Morgan fingerprint density at radius 2 is 1.02 bits per heavy atom. The molecular formula is C36H42N8O10S. The summed E-state index contributed by atoms with van der Waals surface area (Å²) in [7, 11) is 6.23. The second-order valence-corrected chi connectivity index (χ2v) is 14.3. The van der Waals surface area contributed by atoms with E-state index in [1.54, 1.807) is 28.2 Å². The number of nitro groups is 2. The summed E-state index contributed by atoms with van der Waals surface area (Å²) in [6.45, 7) is 3.40. The maximum atomic E-state index is 13.1. The van der Waals surface area contributed by atoms with Crippen LogP contribution in [0, 0.1) is 20.2 Å². The largest absolute Gasteiger partial charge is 0.347 e. The summed E-state index contributed by atoms with van der Waals surface area (Å²) in [5.74, 6) is -2.13. The number of rotatable bonds is 10. The average molecular weight is 779 g/mol. The molecule has 292 valence electrons. The third-order valence-electron chi connectivity index (χ3n) is 9.06. The van der Waals surface area contributed by atoms with Gasteiger partial charge in [-0.25, -0.2) is 0 Å². The number of amides is 6. The van der Waals surface area contributed by atoms with Crippen molar-refractivity contribution in [1.82, 2.24) is 29.4 Å². The van der Waals surface area contributed by atoms with Gasteiger partial charge in [-0.15, -0.1) is 0 Å². The van der Waals surface area contributed by atoms with Gasteiger partial charge in [0.1, 0.15) is 12.1 Å². The van der Waals surface area contributed by atoms with Gasteiger partial charge in [0.25, 0.3) is 11.4 Å². The monoisotopic (exact) mass is 778 g/mol. The molecule has 2 atom stereocenters. The highest BCUT2D eigenvalue weighted by atomic mass is 32.2. The van der Waals surface area contributed by atoms with Gasteiger partial charge in [0.2, 0.25) is 35.4 Å². The van der Waals surface area contributed by atoms with Gasteiger partial charge < -0.3 is 29.4 Å². The summed E-state index contributed by atoms with van der Waals surface area (Å²) in [6.07, 6.45) is 5.22. The minimum absolute atomic E-state index is 0.0156. The molecule has 2 aliphatic heterocycles. The number of likely N-dealkylation sites (N-methyl/N-ethyl adjacent to an activating group) is 2. The van der Waals surface area contributed by atoms with Crippen molar-refractivity contribution in [3.05, 3.63) is 79.9 Å². The lowest BCUT2D eigenvalue weighted by molar-refractivity contribution is -0.388. The van der Waals surface area contributed by atoms with E-state index >= 15 is 0 Å². The molecule has 2 heterocycles. The van der Waals surface area contributed by atoms with Crippen LogP contribution in [0.25, 0.3) is 12.2 Å². The fourth-order valence-corrected chi connectivity index (χ4v) is 7.12. The molecule has 2 unspecified atom stereocenters. The lowest BCUT2D eigenvalue weighted by atomic mass is 10.1. The lowest BCUT2D eigenvalue weighted by Gasteiger charge is -2.40. The Bertz CT molecular complexity index is 1830. The van der Waals surface area contributed by atoms with Crippen molar-refractivity contribution in [3.63, 3.8) is 0 Å². The molecule has 2 aliphatic rings. The normalized spacial score (nSPS) is 17.3. The molecule has 2 aromatic carbocycles. The average Bonchev–Trinajstić information content (AvgIpc) is 3.15. The van der Waals surface area contributed by atoms with Crippen molar-refractivity contribution < 1.29 is 38.6 Å². The summed E-state index contributed by atoms with van der Waals surface area (Å²) in [6, 6.07) is 6.66. The van der Waals surface area contributed by atoms with Crippen molar-refractivity contribution in [3.8, 4) is 0 Å². The maximum absolute atomic E-state index is 13.1. The molecule has 0 N–H and O–H groups in total. The van der Waals surface area contributed by atoms with E-state index in [0.717, 1.165) is 11.8 Å². The predicted octanol–water partition coefficient (Wildman–Crippen LogP) is 1.98. The molecule has 2 aromatic rings. The smallest absolute Gasteiger partial charge is 0.283 e. The second kappa shape index (κ2) is 17.8. The third-order valence-corrected chi connectivity index (χ3v) is 10.2. The molecule has 6 amide bonds. The number of carbonyl (C=O) groups excluding carboxylic acids is 6. The summed E-state index contributed by atoms with van der Waals surface area (Å²) in [4.78, 5) is 107. The zero-order chi connectivity index (χ0) is 40.7. The minimum Gasteiger partial charge on any atom is -0.347 e. The molecule has 0 bridgehead atoms. The molecule has 55 heavy (non-hydrogen) atoms. The van der Waals surface area contributed by atoms with Crippen LogP contribution in [0.3, 0.4) is 0 Å². The molecule has 0 radical (unpaired) electrons. The van der Waals surface area contributed by atoms with Gasteiger partial charge in [-0.3, -0.25) is 49.0 Å². The SMILES string of the molecule is CC(=O)N1CCN(C(=O)C=Cc2ccc(Sc3ccc(C=CC(=O)N4CCN(C(C)=O)C(C(=O)N(C)C)C4)cc3[N+](=O)[O-])c([N+](=O)[O-])c2)CC1C(=O)N(C)C. The van der Waals surface area contributed by atoms with Crippen molar-refractivity contribution in [1.29, 1.82) is 0 Å². The first-order valence-corrected chi connectivity index (χ1v) is 17.9. The standard InChI is InChI=1S/C36H42N8O10S/c1-23(45)41-17-15-39(21-29(41)35(49)37(3)4)33(47)13-9-25-7-11-31(27(19-25)43(51)52)55-32-12-8-26(20-28(32)44(53)54)10-14-34(48)40-16-18-42(24(2)46)30(22-40)36(50)38(5)6/h7-14,19-20,29-30H,15-18,21-22H2,1-6H3. The quantitative estimate of drug-likeness (QED) is 0.194. The number of hydrogen-bond donors (Lipinski definition) is 0. The molecule has 0 aromatic heterocycles. The molecule has 2 fully saturated rings. The van der Waals surface area contributed by atoms with Crippen molar-refractivity contribution >= 4 is 70.7 Å². The molecule has 0 aliphatic carbocycles. The van der Waals surface area contributed by atoms with Crippen LogP contribution in [-0.2, 0) is 28.8 Å². The first kappa shape index (κ1) is 41.6. The van der Waals surface area contributed by atoms with E-state index in [1.165, 1.54) is 104 Å². The first-order valence-electron chi connectivity index (χ1n) is 17.0. The fraction of sp³-hybridized carbons (Fsp3) is 0.389. The lowest BCUT2D eigenvalue weighted by Crippen LogP contribution is -2.60. The summed E-state index contributed by atoms with van der Waals surface area (Å²) in [5.41, 5.74) is -0.0860. The van der Waals surface area contributed by atoms with E-state index in [1.807, 2.05) is 0 Å². The fourth-order valence-electron chi connectivity index (χ4n) is 6.14. The Morgan fingerprint density at radius 1 is 0.655 bits per heavy atom. The van der Waals surface area contributed by atoms with Gasteiger partial charge in [0, 0.05) is 92.5 Å². The molecular weight excluding hydrogens is 737 g/mol. The van der Waals surface area contributed by atoms with Crippen LogP contribution in [0.1, 0.15) is 25.0 Å². The van der Waals surface area contributed by atoms with Gasteiger partial charge in [-0.2, -0.15) is 0 Å². The van der Waals surface area contributed by atoms with E-state index < -0.39 is 33.7 Å². The molecule has 0 spiro atoms. The van der Waals surface area contributed by atoms with Crippen LogP contribution in [0.2, 0.25) is 0 Å². The van der Waals surface area contributed by atoms with E-state index in [-0.39, 0.29) is 84.1 Å². The number of benzene rings is 2. The van der Waals surface area contributed by atoms with Crippen LogP contribution >= 0.6 is 11.8 Å². The zero-order valence-corrected chi connectivity index (χ0v) is 32.1. The van der Waals surface area contributed by atoms with Crippen molar-refractivity contribution in [2.24, 2.45) is 0 Å². The number of nitrogens with zero attached hydrogens (tertiary/aromatic N) is 8. The van der Waals surface area contributed by atoms with Crippen LogP contribution in [0.5, 0.6) is 0 Å². The number of nitro benzene ring substituents is 2. The van der Waals surface area contributed by atoms with Gasteiger partial charge in [-0.1, -0.05) is 23.9 Å². The molecule has 19 heteroatoms. The van der Waals surface area contributed by atoms with E-state index in [2.05, 4.69) is 0 Å². The summed E-state index contributed by atoms with van der Waals surface area (Å²) in [5, 5.41) is 24.2. The minimum atomic E-state index is -0.845. The predicted molar refractivity (Wildman–Crippen MR) is 201 cm³/mol. The number of carbonyl (C=O) groups is 6. The highest BCUT2D eigenvalue weighted by Crippen LogP contribution is 2.40. The first-order chi connectivity index (χ1) is 25.9. The third kappa shape index (κ3) is 10.1. The van der Waals surface area contributed by atoms with Crippen LogP contribution in [-0.4, -0.2) is 154 Å². The highest BCUT2D eigenvalue weighted by molar-refractivity contribution is 7.99.